The number of H-pyrrole nitrogens is 1. The van der Waals surface area contributed by atoms with Gasteiger partial charge in [-0.05, 0) is 35.9 Å². The number of aromatic nitrogens is 2. The molecule has 9 nitrogen and oxygen atoms in total. The van der Waals surface area contributed by atoms with E-state index in [0.717, 1.165) is 5.69 Å². The van der Waals surface area contributed by atoms with Crippen LogP contribution in [0.2, 0.25) is 0 Å². The molecule has 0 atom stereocenters. The molecule has 178 valence electrons. The number of nitro benzene ring substituents is 1. The van der Waals surface area contributed by atoms with Crippen molar-refractivity contribution in [2.45, 2.75) is 0 Å². The highest BCUT2D eigenvalue weighted by molar-refractivity contribution is 6.50. The lowest BCUT2D eigenvalue weighted by Crippen LogP contribution is -2.11. The van der Waals surface area contributed by atoms with Crippen molar-refractivity contribution in [3.63, 3.8) is 0 Å². The van der Waals surface area contributed by atoms with Crippen LogP contribution >= 0.6 is 11.6 Å². The molecule has 3 aromatic carbocycles. The van der Waals surface area contributed by atoms with Crippen LogP contribution in [0.15, 0.2) is 65.5 Å². The Labute approximate surface area is 205 Å². The highest BCUT2D eigenvalue weighted by Crippen LogP contribution is 2.35. The molecule has 0 aliphatic carbocycles. The predicted octanol–water partition coefficient (Wildman–Crippen LogP) is 5.35. The van der Waals surface area contributed by atoms with Gasteiger partial charge in [-0.25, -0.2) is 4.98 Å². The van der Waals surface area contributed by atoms with Crippen molar-refractivity contribution in [3.8, 4) is 11.5 Å². The van der Waals surface area contributed by atoms with Gasteiger partial charge in [0.1, 0.15) is 5.69 Å². The molecular formula is C25H21ClN4O5. The number of nitrogens with zero attached hydrogens (tertiary/aromatic N) is 3. The second-order valence-electron chi connectivity index (χ2n) is 7.53. The van der Waals surface area contributed by atoms with Gasteiger partial charge < -0.3 is 19.4 Å². The molecule has 0 aliphatic rings. The van der Waals surface area contributed by atoms with Crippen LogP contribution in [0.3, 0.4) is 0 Å². The summed E-state index contributed by atoms with van der Waals surface area (Å²) in [4.78, 5) is 32.8. The molecule has 1 heterocycles. The van der Waals surface area contributed by atoms with Gasteiger partial charge in [0.05, 0.1) is 35.1 Å². The van der Waals surface area contributed by atoms with Crippen LogP contribution in [0.5, 0.6) is 11.5 Å². The minimum Gasteiger partial charge on any atom is -0.493 e. The van der Waals surface area contributed by atoms with Gasteiger partial charge in [-0.2, -0.15) is 0 Å². The van der Waals surface area contributed by atoms with Crippen molar-refractivity contribution < 1.29 is 14.4 Å². The van der Waals surface area contributed by atoms with Crippen molar-refractivity contribution in [1.82, 2.24) is 9.97 Å². The molecule has 0 fully saturated rings. The molecule has 0 radical (unpaired) electrons. The Morgan fingerprint density at radius 3 is 2.43 bits per heavy atom. The van der Waals surface area contributed by atoms with Gasteiger partial charge in [-0.15, -0.1) is 0 Å². The van der Waals surface area contributed by atoms with Crippen molar-refractivity contribution in [3.05, 3.63) is 92.5 Å². The van der Waals surface area contributed by atoms with Crippen LogP contribution in [0, 0.1) is 10.1 Å². The first-order valence-corrected chi connectivity index (χ1v) is 10.8. The van der Waals surface area contributed by atoms with Crippen molar-refractivity contribution in [2.75, 3.05) is 26.2 Å². The zero-order valence-electron chi connectivity index (χ0n) is 19.1. The number of fused-ring (bicyclic) bond motifs is 1. The molecular weight excluding hydrogens is 472 g/mol. The predicted molar refractivity (Wildman–Crippen MR) is 137 cm³/mol. The normalized spacial score (nSPS) is 11.4. The van der Waals surface area contributed by atoms with Crippen molar-refractivity contribution in [1.29, 1.82) is 0 Å². The van der Waals surface area contributed by atoms with E-state index in [4.69, 9.17) is 21.1 Å². The maximum absolute atomic E-state index is 12.6. The molecule has 0 amide bonds. The minimum absolute atomic E-state index is 0.0913. The number of nitrogens with one attached hydrogen (secondary N) is 1. The molecule has 1 aromatic heterocycles. The maximum atomic E-state index is 12.6. The molecule has 0 unspecified atom stereocenters. The summed E-state index contributed by atoms with van der Waals surface area (Å²) in [6, 6.07) is 17.2. The molecule has 0 spiro atoms. The monoisotopic (exact) mass is 492 g/mol. The first-order chi connectivity index (χ1) is 16.8. The second kappa shape index (κ2) is 9.86. The summed E-state index contributed by atoms with van der Waals surface area (Å²) in [6.45, 7) is 0. The number of methoxy groups -OCH3 is 2. The number of benzene rings is 3. The van der Waals surface area contributed by atoms with E-state index in [0.29, 0.717) is 33.7 Å². The van der Waals surface area contributed by atoms with E-state index in [1.54, 1.807) is 30.1 Å². The van der Waals surface area contributed by atoms with E-state index in [2.05, 4.69) is 9.97 Å². The Balaban J connectivity index is 1.74. The van der Waals surface area contributed by atoms with Gasteiger partial charge in [0, 0.05) is 24.9 Å². The SMILES string of the molecule is COc1cc2nc(C(Cl)=Cc3ccc(N(C)c4ccccc4)c([N+](=O)[O-])c3)[nH]c(=O)c2cc1OC. The number of hydrogen-bond acceptors (Lipinski definition) is 7. The Bertz CT molecular complexity index is 1500. The van der Waals surface area contributed by atoms with E-state index in [1.165, 1.54) is 32.4 Å². The van der Waals surface area contributed by atoms with E-state index < -0.39 is 10.5 Å². The lowest BCUT2D eigenvalue weighted by Gasteiger charge is -2.19. The fourth-order valence-corrected chi connectivity index (χ4v) is 3.86. The van der Waals surface area contributed by atoms with Crippen molar-refractivity contribution in [2.24, 2.45) is 0 Å². The van der Waals surface area contributed by atoms with Crippen LogP contribution in [0.1, 0.15) is 11.4 Å². The van der Waals surface area contributed by atoms with E-state index in [1.807, 2.05) is 30.3 Å². The summed E-state index contributed by atoms with van der Waals surface area (Å²) in [7, 11) is 4.71. The van der Waals surface area contributed by atoms with E-state index >= 15 is 0 Å². The lowest BCUT2D eigenvalue weighted by molar-refractivity contribution is -0.384. The lowest BCUT2D eigenvalue weighted by atomic mass is 10.1. The zero-order chi connectivity index (χ0) is 25.1. The number of aromatic amines is 1. The molecule has 0 saturated heterocycles. The summed E-state index contributed by atoms with van der Waals surface area (Å²) in [5, 5.41) is 12.2. The summed E-state index contributed by atoms with van der Waals surface area (Å²) in [5.41, 5.74) is 1.56. The standard InChI is InChI=1S/C25H21ClN4O5/c1-29(16-7-5-4-6-8-16)20-10-9-15(12-21(20)30(32)33)11-18(26)24-27-19-14-23(35-3)22(34-2)13-17(19)25(31)28-24/h4-14H,1-3H3,(H,27,28,31). The Hall–Kier alpha value is -4.37. The third kappa shape index (κ3) is 4.80. The van der Waals surface area contributed by atoms with Gasteiger partial charge in [-0.3, -0.25) is 14.9 Å². The molecule has 0 bridgehead atoms. The quantitative estimate of drug-likeness (QED) is 0.273. The molecule has 4 aromatic rings. The fraction of sp³-hybridized carbons (Fsp3) is 0.120. The van der Waals surface area contributed by atoms with Gasteiger partial charge >= 0.3 is 0 Å². The second-order valence-corrected chi connectivity index (χ2v) is 7.94. The molecule has 0 saturated carbocycles. The van der Waals surface area contributed by atoms with E-state index in [-0.39, 0.29) is 16.5 Å². The van der Waals surface area contributed by atoms with Crippen molar-refractivity contribution >= 4 is 50.7 Å². The molecule has 1 N–H and O–H groups in total. The number of para-hydroxylation sites is 1. The fourth-order valence-electron chi connectivity index (χ4n) is 3.64. The van der Waals surface area contributed by atoms with E-state index in [9.17, 15) is 14.9 Å². The highest BCUT2D eigenvalue weighted by atomic mass is 35.5. The van der Waals surface area contributed by atoms with Gasteiger partial charge in [-0.1, -0.05) is 35.9 Å². The first kappa shape index (κ1) is 23.8. The summed E-state index contributed by atoms with van der Waals surface area (Å²) in [5.74, 6) is 0.928. The summed E-state index contributed by atoms with van der Waals surface area (Å²) < 4.78 is 10.5. The van der Waals surface area contributed by atoms with Crippen LogP contribution in [0.4, 0.5) is 17.1 Å². The smallest absolute Gasteiger partial charge is 0.293 e. The summed E-state index contributed by atoms with van der Waals surface area (Å²) >= 11 is 6.47. The van der Waals surface area contributed by atoms with Crippen LogP contribution < -0.4 is 19.9 Å². The number of rotatable bonds is 7. The number of nitro groups is 1. The van der Waals surface area contributed by atoms with Gasteiger partial charge in [0.2, 0.25) is 0 Å². The molecule has 10 heteroatoms. The van der Waals surface area contributed by atoms with Crippen LogP contribution in [-0.2, 0) is 0 Å². The third-order valence-electron chi connectivity index (χ3n) is 5.43. The highest BCUT2D eigenvalue weighted by Gasteiger charge is 2.19. The molecule has 35 heavy (non-hydrogen) atoms. The molecule has 0 aliphatic heterocycles. The van der Waals surface area contributed by atoms with Gasteiger partial charge in [0.15, 0.2) is 17.3 Å². The van der Waals surface area contributed by atoms with Crippen LogP contribution in [0.25, 0.3) is 22.0 Å². The number of hydrogen-bond donors (Lipinski definition) is 1. The maximum Gasteiger partial charge on any atom is 0.293 e. The first-order valence-electron chi connectivity index (χ1n) is 10.4. The zero-order valence-corrected chi connectivity index (χ0v) is 19.9. The summed E-state index contributed by atoms with van der Waals surface area (Å²) in [6.07, 6.45) is 1.51. The Morgan fingerprint density at radius 1 is 1.09 bits per heavy atom. The largest absolute Gasteiger partial charge is 0.493 e. The Morgan fingerprint density at radius 2 is 1.77 bits per heavy atom. The number of ether oxygens (including phenoxy) is 2. The van der Waals surface area contributed by atoms with Crippen LogP contribution in [-0.4, -0.2) is 36.2 Å². The topological polar surface area (TPSA) is 111 Å². The average molecular weight is 493 g/mol. The third-order valence-corrected chi connectivity index (χ3v) is 5.72. The van der Waals surface area contributed by atoms with Gasteiger partial charge in [0.25, 0.3) is 11.2 Å². The number of halogens is 1. The average Bonchev–Trinajstić information content (AvgIpc) is 2.87. The Kier molecular flexibility index (Phi) is 6.70. The molecule has 4 rings (SSSR count). The minimum atomic E-state index is -0.449. The number of anilines is 2.